The summed E-state index contributed by atoms with van der Waals surface area (Å²) in [6.45, 7) is 4.71. The quantitative estimate of drug-likeness (QED) is 0.674. The summed E-state index contributed by atoms with van der Waals surface area (Å²) < 4.78 is 0. The van der Waals surface area contributed by atoms with Gasteiger partial charge in [-0.05, 0) is 17.7 Å². The van der Waals surface area contributed by atoms with Gasteiger partial charge in [-0.3, -0.25) is 4.79 Å². The Labute approximate surface area is 173 Å². The average Bonchev–Trinajstić information content (AvgIpc) is 3.22. The average molecular weight is 410 g/mol. The predicted octanol–water partition coefficient (Wildman–Crippen LogP) is 3.11. The normalized spacial score (nSPS) is 14.1. The molecule has 0 aliphatic carbocycles. The first kappa shape index (κ1) is 19.4. The lowest BCUT2D eigenvalue weighted by atomic mass is 10.1. The van der Waals surface area contributed by atoms with Crippen molar-refractivity contribution in [1.82, 2.24) is 14.9 Å². The summed E-state index contributed by atoms with van der Waals surface area (Å²) in [7, 11) is 0. The fraction of sp³-hybridized carbons (Fsp3) is 0.286. The Bertz CT molecular complexity index is 981. The van der Waals surface area contributed by atoms with E-state index in [0.29, 0.717) is 0 Å². The number of rotatable bonds is 5. The molecule has 1 amide bonds. The molecular formula is C21H23N5O2S. The van der Waals surface area contributed by atoms with Crippen LogP contribution in [-0.4, -0.2) is 52.1 Å². The van der Waals surface area contributed by atoms with Crippen molar-refractivity contribution in [1.29, 1.82) is 0 Å². The fourth-order valence-corrected chi connectivity index (χ4v) is 4.12. The van der Waals surface area contributed by atoms with Gasteiger partial charge in [0.05, 0.1) is 24.2 Å². The van der Waals surface area contributed by atoms with E-state index < -0.39 is 0 Å². The van der Waals surface area contributed by atoms with Crippen molar-refractivity contribution in [2.24, 2.45) is 0 Å². The smallest absolute Gasteiger partial charge is 0.219 e. The van der Waals surface area contributed by atoms with Crippen molar-refractivity contribution in [3.05, 3.63) is 53.5 Å². The molecule has 0 bridgehead atoms. The van der Waals surface area contributed by atoms with E-state index in [1.807, 2.05) is 52.9 Å². The predicted molar refractivity (Wildman–Crippen MR) is 115 cm³/mol. The number of anilines is 3. The van der Waals surface area contributed by atoms with Crippen molar-refractivity contribution in [3.8, 4) is 11.3 Å². The Morgan fingerprint density at radius 3 is 2.66 bits per heavy atom. The standard InChI is InChI=1S/C21H23N5O2S/c1-15(28)25-8-10-26(11-9-25)17-6-7-20(22-12-17)24-21-23-19(14-29-21)18-5-3-2-4-16(18)13-27/h2-7,12,14,27H,8-11,13H2,1H3,(H,22,23,24). The van der Waals surface area contributed by atoms with Gasteiger partial charge in [0.2, 0.25) is 5.91 Å². The molecule has 8 heteroatoms. The molecule has 1 saturated heterocycles. The van der Waals surface area contributed by atoms with Crippen LogP contribution < -0.4 is 10.2 Å². The number of hydrogen-bond donors (Lipinski definition) is 2. The third-order valence-corrected chi connectivity index (χ3v) is 5.80. The zero-order valence-electron chi connectivity index (χ0n) is 16.2. The highest BCUT2D eigenvalue weighted by Gasteiger charge is 2.19. The molecule has 29 heavy (non-hydrogen) atoms. The largest absolute Gasteiger partial charge is 0.392 e. The van der Waals surface area contributed by atoms with Crippen molar-refractivity contribution in [3.63, 3.8) is 0 Å². The number of amides is 1. The molecule has 4 rings (SSSR count). The van der Waals surface area contributed by atoms with Crippen molar-refractivity contribution in [2.75, 3.05) is 36.4 Å². The lowest BCUT2D eigenvalue weighted by molar-refractivity contribution is -0.129. The molecule has 3 heterocycles. The molecule has 0 spiro atoms. The highest BCUT2D eigenvalue weighted by Crippen LogP contribution is 2.29. The molecule has 150 valence electrons. The fourth-order valence-electron chi connectivity index (χ4n) is 3.40. The first-order valence-electron chi connectivity index (χ1n) is 9.52. The van der Waals surface area contributed by atoms with E-state index >= 15 is 0 Å². The molecule has 1 aliphatic rings. The number of carbonyl (C=O) groups excluding carboxylic acids is 1. The number of benzene rings is 1. The summed E-state index contributed by atoms with van der Waals surface area (Å²) in [5.41, 5.74) is 3.68. The number of piperazine rings is 1. The van der Waals surface area contributed by atoms with Crippen LogP contribution in [0.3, 0.4) is 0 Å². The molecule has 2 N–H and O–H groups in total. The van der Waals surface area contributed by atoms with Gasteiger partial charge < -0.3 is 20.2 Å². The van der Waals surface area contributed by atoms with Gasteiger partial charge in [0.25, 0.3) is 0 Å². The number of nitrogens with one attached hydrogen (secondary N) is 1. The van der Waals surface area contributed by atoms with E-state index in [2.05, 4.69) is 20.2 Å². The molecule has 2 aromatic heterocycles. The monoisotopic (exact) mass is 409 g/mol. The molecule has 0 radical (unpaired) electrons. The summed E-state index contributed by atoms with van der Waals surface area (Å²) in [5, 5.41) is 15.5. The second-order valence-electron chi connectivity index (χ2n) is 6.87. The van der Waals surface area contributed by atoms with E-state index in [0.717, 1.165) is 59.6 Å². The number of thiazole rings is 1. The number of nitrogens with zero attached hydrogens (tertiary/aromatic N) is 4. The Kier molecular flexibility index (Phi) is 5.73. The topological polar surface area (TPSA) is 81.6 Å². The number of pyridine rings is 1. The minimum atomic E-state index is -0.0137. The summed E-state index contributed by atoms with van der Waals surface area (Å²) in [4.78, 5) is 24.7. The van der Waals surface area contributed by atoms with Crippen LogP contribution in [-0.2, 0) is 11.4 Å². The summed E-state index contributed by atoms with van der Waals surface area (Å²) >= 11 is 1.50. The molecule has 1 aliphatic heterocycles. The van der Waals surface area contributed by atoms with Crippen LogP contribution in [0.25, 0.3) is 11.3 Å². The van der Waals surface area contributed by atoms with Crippen LogP contribution in [0.1, 0.15) is 12.5 Å². The molecule has 1 aromatic carbocycles. The van der Waals surface area contributed by atoms with Gasteiger partial charge in [-0.2, -0.15) is 0 Å². The van der Waals surface area contributed by atoms with Gasteiger partial charge in [-0.25, -0.2) is 9.97 Å². The van der Waals surface area contributed by atoms with Gasteiger partial charge in [0.1, 0.15) is 5.82 Å². The Hall–Kier alpha value is -2.97. The molecule has 0 atom stereocenters. The SMILES string of the molecule is CC(=O)N1CCN(c2ccc(Nc3nc(-c4ccccc4CO)cs3)nc2)CC1. The minimum Gasteiger partial charge on any atom is -0.392 e. The second kappa shape index (κ2) is 8.59. The van der Waals surface area contributed by atoms with Crippen LogP contribution in [0.15, 0.2) is 48.0 Å². The maximum Gasteiger partial charge on any atom is 0.219 e. The molecule has 1 fully saturated rings. The zero-order chi connectivity index (χ0) is 20.2. The van der Waals surface area contributed by atoms with E-state index in [1.165, 1.54) is 11.3 Å². The lowest BCUT2D eigenvalue weighted by Gasteiger charge is -2.35. The third-order valence-electron chi connectivity index (χ3n) is 5.04. The van der Waals surface area contributed by atoms with E-state index in [4.69, 9.17) is 0 Å². The Balaban J connectivity index is 1.41. The van der Waals surface area contributed by atoms with E-state index in [-0.39, 0.29) is 12.5 Å². The highest BCUT2D eigenvalue weighted by molar-refractivity contribution is 7.14. The summed E-state index contributed by atoms with van der Waals surface area (Å²) in [6, 6.07) is 11.7. The van der Waals surface area contributed by atoms with Crippen molar-refractivity contribution >= 4 is 33.9 Å². The Morgan fingerprint density at radius 2 is 1.97 bits per heavy atom. The van der Waals surface area contributed by atoms with Gasteiger partial charge in [-0.15, -0.1) is 11.3 Å². The first-order valence-corrected chi connectivity index (χ1v) is 10.4. The maximum atomic E-state index is 11.5. The Morgan fingerprint density at radius 1 is 1.17 bits per heavy atom. The molecular weight excluding hydrogens is 386 g/mol. The molecule has 7 nitrogen and oxygen atoms in total. The molecule has 0 saturated carbocycles. The number of carbonyl (C=O) groups is 1. The summed E-state index contributed by atoms with van der Waals surface area (Å²) in [5.74, 6) is 0.860. The number of aliphatic hydroxyl groups is 1. The zero-order valence-corrected chi connectivity index (χ0v) is 17.0. The second-order valence-corrected chi connectivity index (χ2v) is 7.73. The van der Waals surface area contributed by atoms with Gasteiger partial charge in [-0.1, -0.05) is 24.3 Å². The minimum absolute atomic E-state index is 0.0137. The van der Waals surface area contributed by atoms with Crippen LogP contribution >= 0.6 is 11.3 Å². The van der Waals surface area contributed by atoms with Gasteiger partial charge in [0, 0.05) is 44.0 Å². The van der Waals surface area contributed by atoms with Crippen molar-refractivity contribution in [2.45, 2.75) is 13.5 Å². The highest BCUT2D eigenvalue weighted by atomic mass is 32.1. The number of aromatic nitrogens is 2. The maximum absolute atomic E-state index is 11.5. The van der Waals surface area contributed by atoms with E-state index in [1.54, 1.807) is 6.92 Å². The first-order chi connectivity index (χ1) is 14.1. The molecule has 3 aromatic rings. The van der Waals surface area contributed by atoms with Crippen LogP contribution in [0.5, 0.6) is 0 Å². The van der Waals surface area contributed by atoms with Crippen molar-refractivity contribution < 1.29 is 9.90 Å². The lowest BCUT2D eigenvalue weighted by Crippen LogP contribution is -2.48. The molecule has 0 unspecified atom stereocenters. The van der Waals surface area contributed by atoms with E-state index in [9.17, 15) is 9.90 Å². The number of aliphatic hydroxyl groups excluding tert-OH is 1. The van der Waals surface area contributed by atoms with Gasteiger partial charge in [0.15, 0.2) is 5.13 Å². The van der Waals surface area contributed by atoms with Crippen LogP contribution in [0.4, 0.5) is 16.6 Å². The summed E-state index contributed by atoms with van der Waals surface area (Å²) in [6.07, 6.45) is 1.85. The van der Waals surface area contributed by atoms with Gasteiger partial charge >= 0.3 is 0 Å². The number of hydrogen-bond acceptors (Lipinski definition) is 7. The third kappa shape index (κ3) is 4.38. The van der Waals surface area contributed by atoms with Crippen LogP contribution in [0, 0.1) is 0 Å². The van der Waals surface area contributed by atoms with Crippen LogP contribution in [0.2, 0.25) is 0 Å².